The summed E-state index contributed by atoms with van der Waals surface area (Å²) in [6.07, 6.45) is 7.53. The smallest absolute Gasteiger partial charge is 0.126 e. The Labute approximate surface area is 123 Å². The van der Waals surface area contributed by atoms with Crippen molar-refractivity contribution in [2.24, 2.45) is 5.92 Å². The normalized spacial score (nSPS) is 27.5. The molecule has 2 unspecified atom stereocenters. The topological polar surface area (TPSA) is 12.0 Å². The summed E-state index contributed by atoms with van der Waals surface area (Å²) in [7, 11) is 0. The molecule has 2 aliphatic carbocycles. The highest BCUT2D eigenvalue weighted by atomic mass is 79.9. The lowest BCUT2D eigenvalue weighted by Crippen LogP contribution is -2.31. The van der Waals surface area contributed by atoms with Gasteiger partial charge in [0, 0.05) is 10.5 Å². The summed E-state index contributed by atoms with van der Waals surface area (Å²) >= 11 is 3.47. The van der Waals surface area contributed by atoms with Gasteiger partial charge in [0.25, 0.3) is 0 Å². The van der Waals surface area contributed by atoms with Crippen molar-refractivity contribution in [2.75, 3.05) is 6.54 Å². The van der Waals surface area contributed by atoms with Gasteiger partial charge in [-0.1, -0.05) is 28.8 Å². The second-order valence-corrected chi connectivity index (χ2v) is 6.92. The highest BCUT2D eigenvalue weighted by molar-refractivity contribution is 9.10. The molecule has 0 amide bonds. The quantitative estimate of drug-likeness (QED) is 0.852. The van der Waals surface area contributed by atoms with E-state index in [2.05, 4.69) is 21.2 Å². The number of hydrogen-bond acceptors (Lipinski definition) is 1. The molecule has 1 N–H and O–H groups in total. The molecule has 1 nitrogen and oxygen atoms in total. The first-order valence-electron chi connectivity index (χ1n) is 7.42. The minimum atomic E-state index is -0.0356. The Bertz CT molecular complexity index is 444. The zero-order valence-corrected chi connectivity index (χ0v) is 12.8. The number of nitrogens with one attached hydrogen (secondary N) is 1. The molecule has 0 spiro atoms. The average Bonchev–Trinajstić information content (AvgIpc) is 3.24. The van der Waals surface area contributed by atoms with Crippen LogP contribution in [0.2, 0.25) is 0 Å². The maximum Gasteiger partial charge on any atom is 0.126 e. The summed E-state index contributed by atoms with van der Waals surface area (Å²) < 4.78 is 15.1. The van der Waals surface area contributed by atoms with Gasteiger partial charge >= 0.3 is 0 Å². The molecule has 2 saturated carbocycles. The van der Waals surface area contributed by atoms with E-state index < -0.39 is 0 Å². The van der Waals surface area contributed by atoms with Crippen LogP contribution >= 0.6 is 15.9 Å². The van der Waals surface area contributed by atoms with Crippen LogP contribution in [0.15, 0.2) is 22.7 Å². The van der Waals surface area contributed by atoms with Crippen LogP contribution in [0.5, 0.6) is 0 Å². The van der Waals surface area contributed by atoms with Crippen LogP contribution in [-0.2, 0) is 0 Å². The molecule has 3 heteroatoms. The fraction of sp³-hybridized carbons (Fsp3) is 0.625. The van der Waals surface area contributed by atoms with Gasteiger partial charge in [0.15, 0.2) is 0 Å². The van der Waals surface area contributed by atoms with E-state index in [-0.39, 0.29) is 5.82 Å². The van der Waals surface area contributed by atoms with E-state index in [0.717, 1.165) is 29.0 Å². The summed E-state index contributed by atoms with van der Waals surface area (Å²) in [4.78, 5) is 0. The van der Waals surface area contributed by atoms with Gasteiger partial charge in [-0.05, 0) is 67.8 Å². The summed E-state index contributed by atoms with van der Waals surface area (Å²) in [6, 6.07) is 6.11. The van der Waals surface area contributed by atoms with Gasteiger partial charge < -0.3 is 5.32 Å². The fourth-order valence-electron chi connectivity index (χ4n) is 3.27. The van der Waals surface area contributed by atoms with E-state index in [1.807, 2.05) is 6.07 Å². The first-order chi connectivity index (χ1) is 9.24. The molecule has 0 saturated heterocycles. The van der Waals surface area contributed by atoms with Crippen LogP contribution < -0.4 is 5.32 Å². The van der Waals surface area contributed by atoms with Crippen LogP contribution in [0.4, 0.5) is 4.39 Å². The monoisotopic (exact) mass is 325 g/mol. The predicted octanol–water partition coefficient (Wildman–Crippen LogP) is 4.61. The second-order valence-electron chi connectivity index (χ2n) is 6.00. The predicted molar refractivity (Wildman–Crippen MR) is 79.8 cm³/mol. The zero-order valence-electron chi connectivity index (χ0n) is 11.2. The van der Waals surface area contributed by atoms with E-state index in [4.69, 9.17) is 0 Å². The van der Waals surface area contributed by atoms with Gasteiger partial charge in [-0.15, -0.1) is 0 Å². The molecular weight excluding hydrogens is 305 g/mol. The van der Waals surface area contributed by atoms with E-state index in [9.17, 15) is 4.39 Å². The number of benzene rings is 1. The van der Waals surface area contributed by atoms with Crippen molar-refractivity contribution in [2.45, 2.75) is 50.5 Å². The van der Waals surface area contributed by atoms with Gasteiger partial charge in [-0.25, -0.2) is 4.39 Å². The maximum absolute atomic E-state index is 14.1. The SMILES string of the molecule is Fc1ccc(Br)cc1C1CCCCC1CNC1CC1. The van der Waals surface area contributed by atoms with Crippen molar-refractivity contribution in [1.29, 1.82) is 0 Å². The molecule has 19 heavy (non-hydrogen) atoms. The highest BCUT2D eigenvalue weighted by Crippen LogP contribution is 2.39. The second kappa shape index (κ2) is 5.92. The maximum atomic E-state index is 14.1. The minimum Gasteiger partial charge on any atom is -0.314 e. The molecule has 2 fully saturated rings. The first-order valence-corrected chi connectivity index (χ1v) is 8.21. The van der Waals surface area contributed by atoms with E-state index >= 15 is 0 Å². The molecule has 104 valence electrons. The first kappa shape index (κ1) is 13.6. The molecule has 2 aliphatic rings. The van der Waals surface area contributed by atoms with Crippen molar-refractivity contribution in [3.63, 3.8) is 0 Å². The van der Waals surface area contributed by atoms with Crippen molar-refractivity contribution >= 4 is 15.9 Å². The van der Waals surface area contributed by atoms with Crippen molar-refractivity contribution < 1.29 is 4.39 Å². The van der Waals surface area contributed by atoms with Crippen molar-refractivity contribution in [1.82, 2.24) is 5.32 Å². The molecule has 0 aromatic heterocycles. The third kappa shape index (κ3) is 3.38. The lowest BCUT2D eigenvalue weighted by atomic mass is 9.75. The molecular formula is C16H21BrFN. The van der Waals surface area contributed by atoms with E-state index in [1.54, 1.807) is 12.1 Å². The van der Waals surface area contributed by atoms with Gasteiger partial charge in [0.05, 0.1) is 0 Å². The van der Waals surface area contributed by atoms with Crippen LogP contribution in [0.1, 0.15) is 50.0 Å². The largest absolute Gasteiger partial charge is 0.314 e. The van der Waals surface area contributed by atoms with Gasteiger partial charge in [0.2, 0.25) is 0 Å². The van der Waals surface area contributed by atoms with Crippen molar-refractivity contribution in [3.05, 3.63) is 34.1 Å². The van der Waals surface area contributed by atoms with Crippen LogP contribution in [0.25, 0.3) is 0 Å². The lowest BCUT2D eigenvalue weighted by molar-refractivity contribution is 0.289. The van der Waals surface area contributed by atoms with Crippen LogP contribution in [0, 0.1) is 11.7 Å². The van der Waals surface area contributed by atoms with E-state index in [1.165, 1.54) is 32.1 Å². The Hall–Kier alpha value is -0.410. The van der Waals surface area contributed by atoms with Crippen molar-refractivity contribution in [3.8, 4) is 0 Å². The minimum absolute atomic E-state index is 0.0356. The third-order valence-corrected chi connectivity index (χ3v) is 5.01. The molecule has 3 rings (SSSR count). The number of hydrogen-bond donors (Lipinski definition) is 1. The summed E-state index contributed by atoms with van der Waals surface area (Å²) in [5, 5.41) is 3.63. The van der Waals surface area contributed by atoms with Gasteiger partial charge in [-0.3, -0.25) is 0 Å². The fourth-order valence-corrected chi connectivity index (χ4v) is 3.64. The Morgan fingerprint density at radius 2 is 1.95 bits per heavy atom. The Balaban J connectivity index is 1.75. The molecule has 1 aromatic rings. The highest BCUT2D eigenvalue weighted by Gasteiger charge is 2.30. The van der Waals surface area contributed by atoms with Crippen LogP contribution in [-0.4, -0.2) is 12.6 Å². The summed E-state index contributed by atoms with van der Waals surface area (Å²) in [5.74, 6) is 0.946. The van der Waals surface area contributed by atoms with Gasteiger partial charge in [0.1, 0.15) is 5.82 Å². The summed E-state index contributed by atoms with van der Waals surface area (Å²) in [5.41, 5.74) is 0.914. The molecule has 0 radical (unpaired) electrons. The molecule has 0 aliphatic heterocycles. The Morgan fingerprint density at radius 3 is 2.74 bits per heavy atom. The third-order valence-electron chi connectivity index (χ3n) is 4.51. The lowest BCUT2D eigenvalue weighted by Gasteiger charge is -2.32. The molecule has 0 bridgehead atoms. The molecule has 2 atom stereocenters. The van der Waals surface area contributed by atoms with Crippen LogP contribution in [0.3, 0.4) is 0 Å². The number of halogens is 2. The zero-order chi connectivity index (χ0) is 13.2. The van der Waals surface area contributed by atoms with E-state index in [0.29, 0.717) is 11.8 Å². The number of rotatable bonds is 4. The molecule has 0 heterocycles. The Morgan fingerprint density at radius 1 is 1.16 bits per heavy atom. The summed E-state index contributed by atoms with van der Waals surface area (Å²) in [6.45, 7) is 1.06. The van der Waals surface area contributed by atoms with Gasteiger partial charge in [-0.2, -0.15) is 0 Å². The molecule has 1 aromatic carbocycles. The average molecular weight is 326 g/mol. The standard InChI is InChI=1S/C16H21BrFN/c17-12-5-8-16(18)15(9-12)14-4-2-1-3-11(14)10-19-13-6-7-13/h5,8-9,11,13-14,19H,1-4,6-7,10H2. The Kier molecular flexibility index (Phi) is 4.23.